The molecule has 39 heavy (non-hydrogen) atoms. The predicted molar refractivity (Wildman–Crippen MR) is 139 cm³/mol. The van der Waals surface area contributed by atoms with Gasteiger partial charge in [-0.25, -0.2) is 0 Å². The van der Waals surface area contributed by atoms with Crippen molar-refractivity contribution in [1.82, 2.24) is 9.88 Å². The Morgan fingerprint density at radius 3 is 2.51 bits per heavy atom. The number of nitrogens with zero attached hydrogens (tertiary/aromatic N) is 2. The average Bonchev–Trinajstić information content (AvgIpc) is 2.86. The van der Waals surface area contributed by atoms with Gasteiger partial charge in [0.15, 0.2) is 34.7 Å². The number of carbonyl (C=O) groups excluding carboxylic acids is 5. The number of primary amides is 1. The first-order valence-electron chi connectivity index (χ1n) is 13.1. The minimum atomic E-state index is -2.73. The van der Waals surface area contributed by atoms with Crippen molar-refractivity contribution in [3.63, 3.8) is 0 Å². The first kappa shape index (κ1) is 26.8. The number of rotatable bonds is 5. The molecular formula is C29H31N3O7. The van der Waals surface area contributed by atoms with Gasteiger partial charge in [0.05, 0.1) is 17.5 Å². The van der Waals surface area contributed by atoms with Crippen molar-refractivity contribution in [3.8, 4) is 16.9 Å². The number of likely N-dealkylation sites (N-methyl/N-ethyl adjacent to an activating group) is 1. The number of phenols is 1. The van der Waals surface area contributed by atoms with Crippen molar-refractivity contribution in [2.24, 2.45) is 29.4 Å². The molecule has 4 N–H and O–H groups in total. The molecule has 1 amide bonds. The van der Waals surface area contributed by atoms with Crippen LogP contribution in [-0.2, 0) is 32.0 Å². The topological polar surface area (TPSA) is 168 Å². The van der Waals surface area contributed by atoms with Gasteiger partial charge in [-0.05, 0) is 68.1 Å². The fourth-order valence-electron chi connectivity index (χ4n) is 6.94. The van der Waals surface area contributed by atoms with Crippen LogP contribution in [0.15, 0.2) is 30.6 Å². The van der Waals surface area contributed by atoms with Crippen LogP contribution in [0.1, 0.15) is 41.3 Å². The minimum Gasteiger partial charge on any atom is -0.507 e. The largest absolute Gasteiger partial charge is 0.507 e. The molecule has 2 saturated carbocycles. The summed E-state index contributed by atoms with van der Waals surface area (Å²) in [5.41, 5.74) is 5.63. The van der Waals surface area contributed by atoms with Crippen LogP contribution < -0.4 is 5.73 Å². The fourth-order valence-corrected chi connectivity index (χ4v) is 6.94. The van der Waals surface area contributed by atoms with E-state index in [4.69, 9.17) is 5.73 Å². The lowest BCUT2D eigenvalue weighted by Gasteiger charge is -2.52. The molecule has 5 rings (SSSR count). The van der Waals surface area contributed by atoms with Crippen molar-refractivity contribution < 1.29 is 34.2 Å². The standard InChI is InChI=1S/C29H31N3O7/c1-4-5-13-8-15(12-31-11-13)16-6-7-19(33)21-17(16)9-14-10-18-23(32(2)3)25(35)22(28(30)38)27(37)29(18,39)26(36)20(14)24(21)34/h6-8,11-12,14,18,20,22-23,33,39H,4-5,9-10H2,1-3H3,(H2,30,38)/t14-,18-,20?,22?,23?,29+/m0/s1. The maximum atomic E-state index is 13.9. The fraction of sp³-hybridized carbons (Fsp3) is 0.448. The van der Waals surface area contributed by atoms with E-state index in [1.54, 1.807) is 32.6 Å². The number of hydrogen-bond donors (Lipinski definition) is 3. The van der Waals surface area contributed by atoms with E-state index in [-0.39, 0.29) is 24.2 Å². The van der Waals surface area contributed by atoms with Crippen LogP contribution >= 0.6 is 0 Å². The summed E-state index contributed by atoms with van der Waals surface area (Å²) in [4.78, 5) is 72.2. The number of amides is 1. The van der Waals surface area contributed by atoms with Gasteiger partial charge in [0, 0.05) is 23.9 Å². The number of aromatic nitrogens is 1. The van der Waals surface area contributed by atoms with Crippen LogP contribution in [0.4, 0.5) is 0 Å². The Hall–Kier alpha value is -3.76. The Bertz CT molecular complexity index is 1430. The average molecular weight is 534 g/mol. The lowest BCUT2D eigenvalue weighted by Crippen LogP contribution is -2.74. The number of aromatic hydroxyl groups is 1. The van der Waals surface area contributed by atoms with Gasteiger partial charge < -0.3 is 15.9 Å². The van der Waals surface area contributed by atoms with Crippen LogP contribution in [0.25, 0.3) is 11.1 Å². The molecule has 1 aromatic heterocycles. The van der Waals surface area contributed by atoms with Crippen molar-refractivity contribution >= 4 is 29.0 Å². The zero-order valence-corrected chi connectivity index (χ0v) is 22.0. The second-order valence-corrected chi connectivity index (χ2v) is 11.1. The number of ketones is 4. The SMILES string of the molecule is CCCc1cncc(-c2ccc(O)c3c2C[C@H]2C[C@H]4C(N(C)C)C(=O)C(C(N)=O)C(=O)[C@]4(O)C(=O)C2C3=O)c1. The van der Waals surface area contributed by atoms with E-state index in [2.05, 4.69) is 11.9 Å². The Morgan fingerprint density at radius 1 is 1.15 bits per heavy atom. The number of fused-ring (bicyclic) bond motifs is 3. The van der Waals surface area contributed by atoms with Gasteiger partial charge in [-0.3, -0.25) is 33.9 Å². The van der Waals surface area contributed by atoms with Crippen LogP contribution in [0.5, 0.6) is 5.75 Å². The number of aryl methyl sites for hydroxylation is 1. The second-order valence-electron chi connectivity index (χ2n) is 11.1. The molecule has 1 heterocycles. The summed E-state index contributed by atoms with van der Waals surface area (Å²) in [5, 5.41) is 22.4. The van der Waals surface area contributed by atoms with Gasteiger partial charge in [-0.1, -0.05) is 19.4 Å². The molecule has 0 aliphatic heterocycles. The van der Waals surface area contributed by atoms with Crippen molar-refractivity contribution in [3.05, 3.63) is 47.3 Å². The normalized spacial score (nSPS) is 30.1. The molecule has 204 valence electrons. The Balaban J connectivity index is 1.64. The molecule has 10 heteroatoms. The zero-order chi connectivity index (χ0) is 28.4. The number of benzene rings is 1. The molecule has 0 radical (unpaired) electrons. The predicted octanol–water partition coefficient (Wildman–Crippen LogP) is 0.881. The number of hydrogen-bond acceptors (Lipinski definition) is 9. The first-order valence-corrected chi connectivity index (χ1v) is 13.1. The highest BCUT2D eigenvalue weighted by Gasteiger charge is 2.69. The van der Waals surface area contributed by atoms with Crippen LogP contribution in [0.3, 0.4) is 0 Å². The number of carbonyl (C=O) groups is 5. The number of Topliss-reactive ketones (excluding diaryl/α,β-unsaturated/α-hetero) is 4. The molecule has 3 unspecified atom stereocenters. The van der Waals surface area contributed by atoms with Crippen LogP contribution in [0.2, 0.25) is 0 Å². The highest BCUT2D eigenvalue weighted by molar-refractivity contribution is 6.32. The summed E-state index contributed by atoms with van der Waals surface area (Å²) in [7, 11) is 3.11. The van der Waals surface area contributed by atoms with Crippen molar-refractivity contribution in [1.29, 1.82) is 0 Å². The van der Waals surface area contributed by atoms with E-state index in [1.165, 1.54) is 11.0 Å². The van der Waals surface area contributed by atoms with E-state index >= 15 is 0 Å². The third-order valence-corrected chi connectivity index (χ3v) is 8.59. The lowest BCUT2D eigenvalue weighted by molar-refractivity contribution is -0.181. The summed E-state index contributed by atoms with van der Waals surface area (Å²) in [6.07, 6.45) is 5.41. The Morgan fingerprint density at radius 2 is 1.87 bits per heavy atom. The van der Waals surface area contributed by atoms with Gasteiger partial charge in [-0.15, -0.1) is 0 Å². The van der Waals surface area contributed by atoms with Crippen molar-refractivity contribution in [2.75, 3.05) is 14.1 Å². The smallest absolute Gasteiger partial charge is 0.235 e. The Kier molecular flexibility index (Phi) is 6.51. The zero-order valence-electron chi connectivity index (χ0n) is 22.0. The number of aliphatic hydroxyl groups is 1. The molecule has 3 aliphatic rings. The number of pyridine rings is 1. The molecule has 2 fully saturated rings. The van der Waals surface area contributed by atoms with Gasteiger partial charge in [-0.2, -0.15) is 0 Å². The minimum absolute atomic E-state index is 0.00706. The first-order chi connectivity index (χ1) is 18.4. The van der Waals surface area contributed by atoms with Crippen molar-refractivity contribution in [2.45, 2.75) is 44.2 Å². The highest BCUT2D eigenvalue weighted by Crippen LogP contribution is 2.51. The summed E-state index contributed by atoms with van der Waals surface area (Å²) in [6, 6.07) is 3.95. The molecule has 1 aromatic carbocycles. The van der Waals surface area contributed by atoms with E-state index in [1.807, 2.05) is 6.07 Å². The maximum absolute atomic E-state index is 13.9. The quantitative estimate of drug-likeness (QED) is 0.473. The monoisotopic (exact) mass is 533 g/mol. The number of nitrogens with two attached hydrogens (primary N) is 1. The number of phenolic OH excluding ortho intramolecular Hbond substituents is 1. The summed E-state index contributed by atoms with van der Waals surface area (Å²) >= 11 is 0. The van der Waals surface area contributed by atoms with Gasteiger partial charge in [0.1, 0.15) is 5.75 Å². The third-order valence-electron chi connectivity index (χ3n) is 8.59. The third kappa shape index (κ3) is 3.84. The summed E-state index contributed by atoms with van der Waals surface area (Å²) < 4.78 is 0. The molecule has 10 nitrogen and oxygen atoms in total. The molecule has 0 bridgehead atoms. The summed E-state index contributed by atoms with van der Waals surface area (Å²) in [6.45, 7) is 2.06. The maximum Gasteiger partial charge on any atom is 0.235 e. The molecule has 2 aromatic rings. The van der Waals surface area contributed by atoms with Gasteiger partial charge in [0.2, 0.25) is 5.91 Å². The van der Waals surface area contributed by atoms with Gasteiger partial charge >= 0.3 is 0 Å². The molecule has 3 aliphatic carbocycles. The summed E-state index contributed by atoms with van der Waals surface area (Å²) in [5.74, 6) is -10.6. The van der Waals surface area contributed by atoms with E-state index < -0.39 is 64.4 Å². The molecular weight excluding hydrogens is 502 g/mol. The van der Waals surface area contributed by atoms with E-state index in [0.29, 0.717) is 11.1 Å². The second kappa shape index (κ2) is 9.46. The molecule has 6 atom stereocenters. The molecule has 0 saturated heterocycles. The van der Waals surface area contributed by atoms with E-state index in [0.717, 1.165) is 24.0 Å². The Labute approximate surface area is 225 Å². The van der Waals surface area contributed by atoms with E-state index in [9.17, 15) is 34.2 Å². The van der Waals surface area contributed by atoms with Crippen LogP contribution in [-0.4, -0.2) is 74.9 Å². The van der Waals surface area contributed by atoms with Crippen LogP contribution in [0, 0.1) is 23.7 Å². The molecule has 0 spiro atoms. The highest BCUT2D eigenvalue weighted by atomic mass is 16.3. The lowest BCUT2D eigenvalue weighted by atomic mass is 9.52. The van der Waals surface area contributed by atoms with Gasteiger partial charge in [0.25, 0.3) is 0 Å².